The molecule has 2 fully saturated rings. The Labute approximate surface area is 184 Å². The van der Waals surface area contributed by atoms with Gasteiger partial charge in [0.1, 0.15) is 12.4 Å². The van der Waals surface area contributed by atoms with Gasteiger partial charge in [-0.3, -0.25) is 9.69 Å². The minimum atomic E-state index is -0.0239. The summed E-state index contributed by atoms with van der Waals surface area (Å²) in [6.07, 6.45) is 3.61. The normalized spacial score (nSPS) is 20.7. The van der Waals surface area contributed by atoms with Crippen LogP contribution in [0, 0.1) is 0 Å². The van der Waals surface area contributed by atoms with Gasteiger partial charge in [0.15, 0.2) is 5.76 Å². The second-order valence-corrected chi connectivity index (χ2v) is 8.55. The van der Waals surface area contributed by atoms with Crippen LogP contribution in [0.5, 0.6) is 5.75 Å². The highest BCUT2D eigenvalue weighted by Gasteiger charge is 2.25. The van der Waals surface area contributed by atoms with E-state index in [0.717, 1.165) is 70.0 Å². The molecule has 4 rings (SSSR count). The van der Waals surface area contributed by atoms with E-state index < -0.39 is 0 Å². The molecule has 1 aromatic carbocycles. The molecule has 3 heterocycles. The Bertz CT molecular complexity index is 818. The Balaban J connectivity index is 1.25. The zero-order valence-electron chi connectivity index (χ0n) is 18.5. The fourth-order valence-electron chi connectivity index (χ4n) is 4.29. The molecule has 0 radical (unpaired) electrons. The highest BCUT2D eigenvalue weighted by molar-refractivity contribution is 5.91. The number of hydrogen-bond acceptors (Lipinski definition) is 6. The number of likely N-dealkylation sites (tertiary alicyclic amines) is 1. The van der Waals surface area contributed by atoms with Crippen molar-refractivity contribution in [2.24, 2.45) is 0 Å². The van der Waals surface area contributed by atoms with Crippen molar-refractivity contribution in [2.75, 3.05) is 59.5 Å². The number of carbonyl (C=O) groups excluding carboxylic acids is 1. The van der Waals surface area contributed by atoms with Crippen molar-refractivity contribution < 1.29 is 13.9 Å². The van der Waals surface area contributed by atoms with Crippen LogP contribution in [0.3, 0.4) is 0 Å². The zero-order valence-corrected chi connectivity index (χ0v) is 18.5. The molecule has 1 unspecified atom stereocenters. The van der Waals surface area contributed by atoms with Crippen molar-refractivity contribution in [3.63, 3.8) is 0 Å². The van der Waals surface area contributed by atoms with E-state index in [1.807, 2.05) is 11.0 Å². The highest BCUT2D eigenvalue weighted by Crippen LogP contribution is 2.20. The predicted molar refractivity (Wildman–Crippen MR) is 120 cm³/mol. The van der Waals surface area contributed by atoms with Crippen LogP contribution in [0.15, 0.2) is 47.1 Å². The van der Waals surface area contributed by atoms with Crippen LogP contribution < -0.4 is 10.1 Å². The number of benzene rings is 1. The molecule has 1 N–H and O–H groups in total. The molecule has 1 atom stereocenters. The lowest BCUT2D eigenvalue weighted by Gasteiger charge is -2.33. The van der Waals surface area contributed by atoms with Gasteiger partial charge in [-0.15, -0.1) is 0 Å². The number of rotatable bonds is 8. The van der Waals surface area contributed by atoms with Gasteiger partial charge in [0.2, 0.25) is 0 Å². The van der Waals surface area contributed by atoms with E-state index in [-0.39, 0.29) is 11.9 Å². The quantitative estimate of drug-likeness (QED) is 0.699. The van der Waals surface area contributed by atoms with Crippen LogP contribution in [0.2, 0.25) is 0 Å². The van der Waals surface area contributed by atoms with Crippen LogP contribution in [-0.4, -0.2) is 86.1 Å². The first-order valence-corrected chi connectivity index (χ1v) is 11.4. The summed E-state index contributed by atoms with van der Waals surface area (Å²) in [5.41, 5.74) is 1.16. The maximum Gasteiger partial charge on any atom is 0.289 e. The molecule has 2 saturated heterocycles. The largest absolute Gasteiger partial charge is 0.492 e. The second kappa shape index (κ2) is 10.8. The van der Waals surface area contributed by atoms with Crippen molar-refractivity contribution in [3.05, 3.63) is 54.0 Å². The first-order chi connectivity index (χ1) is 15.2. The molecule has 31 heavy (non-hydrogen) atoms. The number of furan rings is 1. The van der Waals surface area contributed by atoms with Crippen LogP contribution in [0.4, 0.5) is 0 Å². The van der Waals surface area contributed by atoms with E-state index in [9.17, 15) is 4.79 Å². The van der Waals surface area contributed by atoms with Gasteiger partial charge in [-0.05, 0) is 38.1 Å². The first kappa shape index (κ1) is 21.9. The summed E-state index contributed by atoms with van der Waals surface area (Å²) >= 11 is 0. The number of ether oxygens (including phenoxy) is 1. The number of nitrogens with zero attached hydrogens (tertiary/aromatic N) is 3. The van der Waals surface area contributed by atoms with Crippen LogP contribution >= 0.6 is 0 Å². The predicted octanol–water partition coefficient (Wildman–Crippen LogP) is 2.30. The van der Waals surface area contributed by atoms with Crippen molar-refractivity contribution in [1.82, 2.24) is 20.0 Å². The minimum absolute atomic E-state index is 0.0239. The standard InChI is InChI=1S/C24H34N4O3/c1-26-11-13-27(14-12-26)15-17-31-22-8-3-2-6-20(22)18-25-21-7-4-10-28(19-21)24(29)23-9-5-16-30-23/h2-3,5-6,8-9,16,21,25H,4,7,10-15,17-19H2,1H3. The van der Waals surface area contributed by atoms with E-state index in [1.165, 1.54) is 0 Å². The number of amides is 1. The first-order valence-electron chi connectivity index (χ1n) is 11.4. The molecular weight excluding hydrogens is 392 g/mol. The van der Waals surface area contributed by atoms with Crippen molar-refractivity contribution in [1.29, 1.82) is 0 Å². The molecule has 168 valence electrons. The number of nitrogens with one attached hydrogen (secondary N) is 1. The van der Waals surface area contributed by atoms with Crippen molar-refractivity contribution in [2.45, 2.75) is 25.4 Å². The van der Waals surface area contributed by atoms with Gasteiger partial charge in [0.25, 0.3) is 5.91 Å². The number of para-hydroxylation sites is 1. The summed E-state index contributed by atoms with van der Waals surface area (Å²) in [6.45, 7) is 8.35. The summed E-state index contributed by atoms with van der Waals surface area (Å²) in [6, 6.07) is 12.0. The summed E-state index contributed by atoms with van der Waals surface area (Å²) in [5, 5.41) is 3.63. The Morgan fingerprint density at radius 2 is 1.97 bits per heavy atom. The zero-order chi connectivity index (χ0) is 21.5. The Hall–Kier alpha value is -2.35. The number of carbonyl (C=O) groups is 1. The Kier molecular flexibility index (Phi) is 7.61. The monoisotopic (exact) mass is 426 g/mol. The SMILES string of the molecule is CN1CCN(CCOc2ccccc2CNC2CCCN(C(=O)c3ccco3)C2)CC1. The smallest absolute Gasteiger partial charge is 0.289 e. The number of likely N-dealkylation sites (N-methyl/N-ethyl adjacent to an activating group) is 1. The fraction of sp³-hybridized carbons (Fsp3) is 0.542. The molecule has 1 amide bonds. The molecule has 0 spiro atoms. The van der Waals surface area contributed by atoms with Gasteiger partial charge in [-0.2, -0.15) is 0 Å². The lowest BCUT2D eigenvalue weighted by molar-refractivity contribution is 0.0662. The third kappa shape index (κ3) is 6.09. The van der Waals surface area contributed by atoms with E-state index in [2.05, 4.69) is 40.4 Å². The molecule has 0 bridgehead atoms. The average Bonchev–Trinajstić information content (AvgIpc) is 3.34. The lowest BCUT2D eigenvalue weighted by atomic mass is 10.0. The van der Waals surface area contributed by atoms with Crippen LogP contribution in [0.25, 0.3) is 0 Å². The molecule has 2 aliphatic heterocycles. The topological polar surface area (TPSA) is 61.2 Å². The third-order valence-electron chi connectivity index (χ3n) is 6.26. The molecule has 2 aliphatic rings. The summed E-state index contributed by atoms with van der Waals surface area (Å²) in [7, 11) is 2.18. The van der Waals surface area contributed by atoms with E-state index in [4.69, 9.17) is 9.15 Å². The second-order valence-electron chi connectivity index (χ2n) is 8.55. The summed E-state index contributed by atoms with van der Waals surface area (Å²) in [5.74, 6) is 1.34. The number of piperidine rings is 1. The maximum absolute atomic E-state index is 12.6. The molecule has 2 aromatic rings. The van der Waals surface area contributed by atoms with Gasteiger partial charge in [-0.25, -0.2) is 0 Å². The van der Waals surface area contributed by atoms with Gasteiger partial charge < -0.3 is 24.3 Å². The molecule has 0 saturated carbocycles. The molecule has 7 nitrogen and oxygen atoms in total. The van der Waals surface area contributed by atoms with Gasteiger partial charge >= 0.3 is 0 Å². The van der Waals surface area contributed by atoms with Crippen molar-refractivity contribution in [3.8, 4) is 5.75 Å². The lowest BCUT2D eigenvalue weighted by Crippen LogP contribution is -2.47. The maximum atomic E-state index is 12.6. The Morgan fingerprint density at radius 3 is 2.77 bits per heavy atom. The highest BCUT2D eigenvalue weighted by atomic mass is 16.5. The van der Waals surface area contributed by atoms with E-state index in [1.54, 1.807) is 18.4 Å². The van der Waals surface area contributed by atoms with Gasteiger partial charge in [0.05, 0.1) is 6.26 Å². The number of hydrogen-bond donors (Lipinski definition) is 1. The van der Waals surface area contributed by atoms with Gasteiger partial charge in [-0.1, -0.05) is 18.2 Å². The third-order valence-corrected chi connectivity index (χ3v) is 6.26. The fourth-order valence-corrected chi connectivity index (χ4v) is 4.29. The van der Waals surface area contributed by atoms with Crippen LogP contribution in [-0.2, 0) is 6.54 Å². The molecule has 1 aromatic heterocycles. The minimum Gasteiger partial charge on any atom is -0.492 e. The average molecular weight is 427 g/mol. The molecule has 0 aliphatic carbocycles. The summed E-state index contributed by atoms with van der Waals surface area (Å²) < 4.78 is 11.4. The molecule has 7 heteroatoms. The summed E-state index contributed by atoms with van der Waals surface area (Å²) in [4.78, 5) is 19.3. The van der Waals surface area contributed by atoms with Gasteiger partial charge in [0, 0.05) is 64.0 Å². The van der Waals surface area contributed by atoms with E-state index in [0.29, 0.717) is 18.9 Å². The number of piperazine rings is 1. The molecular formula is C24H34N4O3. The van der Waals surface area contributed by atoms with Crippen molar-refractivity contribution >= 4 is 5.91 Å². The van der Waals surface area contributed by atoms with E-state index >= 15 is 0 Å². The van der Waals surface area contributed by atoms with Crippen LogP contribution in [0.1, 0.15) is 29.0 Å². The Morgan fingerprint density at radius 1 is 1.13 bits per heavy atom.